The minimum atomic E-state index is -4.21. The summed E-state index contributed by atoms with van der Waals surface area (Å²) >= 11 is 3.21. The molecule has 0 fully saturated rings. The Morgan fingerprint density at radius 3 is 2.52 bits per heavy atom. The number of nitrogens with two attached hydrogens (primary N) is 1. The normalized spacial score (nSPS) is 11.0. The van der Waals surface area contributed by atoms with Crippen molar-refractivity contribution in [3.63, 3.8) is 0 Å². The number of amides is 1. The van der Waals surface area contributed by atoms with Gasteiger partial charge in [0.05, 0.1) is 12.2 Å². The SMILES string of the molecule is CCOc1ccc(Br)cc1S(=O)(=O)Oc1ccccc1C(N)=O. The zero-order valence-corrected chi connectivity index (χ0v) is 14.6. The quantitative estimate of drug-likeness (QED) is 0.753. The van der Waals surface area contributed by atoms with Crippen molar-refractivity contribution in [3.8, 4) is 11.5 Å². The van der Waals surface area contributed by atoms with Crippen LogP contribution in [0.15, 0.2) is 51.8 Å². The fraction of sp³-hybridized carbons (Fsp3) is 0.133. The summed E-state index contributed by atoms with van der Waals surface area (Å²) in [4.78, 5) is 11.2. The molecule has 2 aromatic rings. The lowest BCUT2D eigenvalue weighted by Gasteiger charge is -2.13. The van der Waals surface area contributed by atoms with Crippen molar-refractivity contribution in [2.45, 2.75) is 11.8 Å². The van der Waals surface area contributed by atoms with Gasteiger partial charge in [0.2, 0.25) is 0 Å². The number of halogens is 1. The number of hydrogen-bond donors (Lipinski definition) is 1. The highest BCUT2D eigenvalue weighted by atomic mass is 79.9. The van der Waals surface area contributed by atoms with Crippen LogP contribution >= 0.6 is 15.9 Å². The van der Waals surface area contributed by atoms with Crippen LogP contribution in [0.25, 0.3) is 0 Å². The van der Waals surface area contributed by atoms with E-state index in [0.717, 1.165) is 0 Å². The molecule has 0 aliphatic carbocycles. The highest BCUT2D eigenvalue weighted by Crippen LogP contribution is 2.31. The topological polar surface area (TPSA) is 95.7 Å². The number of primary amides is 1. The van der Waals surface area contributed by atoms with Gasteiger partial charge in [-0.05, 0) is 37.3 Å². The molecule has 23 heavy (non-hydrogen) atoms. The molecule has 0 aromatic heterocycles. The molecular weight excluding hydrogens is 386 g/mol. The third-order valence-electron chi connectivity index (χ3n) is 2.83. The molecule has 0 bridgehead atoms. The Hall–Kier alpha value is -2.06. The van der Waals surface area contributed by atoms with E-state index in [9.17, 15) is 13.2 Å². The molecule has 0 atom stereocenters. The lowest BCUT2D eigenvalue weighted by atomic mass is 10.2. The largest absolute Gasteiger partial charge is 0.492 e. The van der Waals surface area contributed by atoms with Gasteiger partial charge < -0.3 is 14.7 Å². The van der Waals surface area contributed by atoms with Crippen LogP contribution in [0.1, 0.15) is 17.3 Å². The van der Waals surface area contributed by atoms with Crippen LogP contribution in [0.3, 0.4) is 0 Å². The summed E-state index contributed by atoms with van der Waals surface area (Å²) in [6, 6.07) is 10.4. The summed E-state index contributed by atoms with van der Waals surface area (Å²) in [5, 5.41) is 0. The highest BCUT2D eigenvalue weighted by Gasteiger charge is 2.24. The number of carbonyl (C=O) groups excluding carboxylic acids is 1. The van der Waals surface area contributed by atoms with E-state index in [0.29, 0.717) is 11.1 Å². The number of carbonyl (C=O) groups is 1. The number of benzene rings is 2. The standard InChI is InChI=1S/C15H14BrNO5S/c1-2-21-13-8-7-10(16)9-14(13)23(19,20)22-12-6-4-3-5-11(12)15(17)18/h3-9H,2H2,1H3,(H2,17,18). The van der Waals surface area contributed by atoms with Crippen molar-refractivity contribution in [2.75, 3.05) is 6.61 Å². The van der Waals surface area contributed by atoms with Crippen LogP contribution in [0.4, 0.5) is 0 Å². The average molecular weight is 400 g/mol. The van der Waals surface area contributed by atoms with Gasteiger partial charge in [-0.3, -0.25) is 4.79 Å². The van der Waals surface area contributed by atoms with Gasteiger partial charge in [-0.15, -0.1) is 0 Å². The first-order valence-corrected chi connectivity index (χ1v) is 8.81. The Balaban J connectivity index is 2.48. The fourth-order valence-corrected chi connectivity index (χ4v) is 3.49. The van der Waals surface area contributed by atoms with Crippen LogP contribution in [0, 0.1) is 0 Å². The van der Waals surface area contributed by atoms with E-state index in [1.54, 1.807) is 25.1 Å². The molecule has 2 aromatic carbocycles. The van der Waals surface area contributed by atoms with E-state index in [2.05, 4.69) is 15.9 Å². The van der Waals surface area contributed by atoms with Crippen LogP contribution in [0.2, 0.25) is 0 Å². The zero-order chi connectivity index (χ0) is 17.0. The maximum atomic E-state index is 12.5. The van der Waals surface area contributed by atoms with Gasteiger partial charge in [0, 0.05) is 4.47 Å². The van der Waals surface area contributed by atoms with E-state index >= 15 is 0 Å². The minimum Gasteiger partial charge on any atom is -0.492 e. The van der Waals surface area contributed by atoms with Gasteiger partial charge in [-0.1, -0.05) is 28.1 Å². The van der Waals surface area contributed by atoms with Crippen molar-refractivity contribution in [1.29, 1.82) is 0 Å². The second-order valence-electron chi connectivity index (χ2n) is 4.42. The van der Waals surface area contributed by atoms with E-state index in [1.165, 1.54) is 24.3 Å². The summed E-state index contributed by atoms with van der Waals surface area (Å²) in [5.74, 6) is -0.759. The molecule has 0 spiro atoms. The molecule has 1 amide bonds. The van der Waals surface area contributed by atoms with Gasteiger partial charge in [0.15, 0.2) is 5.75 Å². The third-order valence-corrected chi connectivity index (χ3v) is 4.58. The molecule has 122 valence electrons. The van der Waals surface area contributed by atoms with Crippen LogP contribution < -0.4 is 14.7 Å². The zero-order valence-electron chi connectivity index (χ0n) is 12.2. The molecule has 2 rings (SSSR count). The summed E-state index contributed by atoms with van der Waals surface area (Å²) in [7, 11) is -4.21. The third kappa shape index (κ3) is 4.02. The molecule has 0 heterocycles. The maximum absolute atomic E-state index is 12.5. The smallest absolute Gasteiger partial charge is 0.343 e. The van der Waals surface area contributed by atoms with E-state index in [1.807, 2.05) is 0 Å². The Bertz CT molecular complexity index is 836. The highest BCUT2D eigenvalue weighted by molar-refractivity contribution is 9.10. The fourth-order valence-electron chi connectivity index (χ4n) is 1.86. The Morgan fingerprint density at radius 1 is 1.17 bits per heavy atom. The molecule has 0 aliphatic heterocycles. The summed E-state index contributed by atoms with van der Waals surface area (Å²) < 4.78 is 36.1. The first-order valence-electron chi connectivity index (χ1n) is 6.61. The molecular formula is C15H14BrNO5S. The number of rotatable bonds is 6. The Morgan fingerprint density at radius 2 is 1.87 bits per heavy atom. The van der Waals surface area contributed by atoms with E-state index < -0.39 is 16.0 Å². The summed E-state index contributed by atoms with van der Waals surface area (Å²) in [6.45, 7) is 2.03. The van der Waals surface area contributed by atoms with Gasteiger partial charge >= 0.3 is 10.1 Å². The number of para-hydroxylation sites is 1. The average Bonchev–Trinajstić information content (AvgIpc) is 2.49. The predicted octanol–water partition coefficient (Wildman–Crippen LogP) is 2.71. The minimum absolute atomic E-state index is 0.0240. The lowest BCUT2D eigenvalue weighted by Crippen LogP contribution is -2.17. The predicted molar refractivity (Wildman–Crippen MR) is 88.1 cm³/mol. The second-order valence-corrected chi connectivity index (χ2v) is 6.85. The Kier molecular flexibility index (Phi) is 5.27. The van der Waals surface area contributed by atoms with Crippen molar-refractivity contribution >= 4 is 32.0 Å². The summed E-state index contributed by atoms with van der Waals surface area (Å²) in [5.41, 5.74) is 5.20. The van der Waals surface area contributed by atoms with Crippen LogP contribution in [-0.2, 0) is 10.1 Å². The van der Waals surface area contributed by atoms with Gasteiger partial charge in [-0.25, -0.2) is 0 Å². The molecule has 0 saturated heterocycles. The van der Waals surface area contributed by atoms with Crippen LogP contribution in [-0.4, -0.2) is 20.9 Å². The van der Waals surface area contributed by atoms with E-state index in [4.69, 9.17) is 14.7 Å². The molecule has 6 nitrogen and oxygen atoms in total. The Labute approximate surface area is 142 Å². The van der Waals surface area contributed by atoms with Gasteiger partial charge in [0.25, 0.3) is 5.91 Å². The van der Waals surface area contributed by atoms with Crippen molar-refractivity contribution in [2.24, 2.45) is 5.73 Å². The van der Waals surface area contributed by atoms with Crippen molar-refractivity contribution < 1.29 is 22.1 Å². The number of ether oxygens (including phenoxy) is 1. The molecule has 0 aliphatic rings. The molecule has 0 unspecified atom stereocenters. The lowest BCUT2D eigenvalue weighted by molar-refractivity contribution is 0.0999. The maximum Gasteiger partial charge on any atom is 0.343 e. The molecule has 8 heteroatoms. The molecule has 0 saturated carbocycles. The monoisotopic (exact) mass is 399 g/mol. The molecule has 2 N–H and O–H groups in total. The second kappa shape index (κ2) is 7.01. The van der Waals surface area contributed by atoms with Crippen molar-refractivity contribution in [1.82, 2.24) is 0 Å². The summed E-state index contributed by atoms with van der Waals surface area (Å²) in [6.07, 6.45) is 0. The van der Waals surface area contributed by atoms with Gasteiger partial charge in [0.1, 0.15) is 10.6 Å². The number of hydrogen-bond acceptors (Lipinski definition) is 5. The first kappa shape index (κ1) is 17.3. The van der Waals surface area contributed by atoms with Crippen LogP contribution in [0.5, 0.6) is 11.5 Å². The van der Waals surface area contributed by atoms with E-state index in [-0.39, 0.29) is 22.0 Å². The first-order chi connectivity index (χ1) is 10.8. The van der Waals surface area contributed by atoms with Gasteiger partial charge in [-0.2, -0.15) is 8.42 Å². The molecule has 0 radical (unpaired) electrons. The van der Waals surface area contributed by atoms with Crippen molar-refractivity contribution in [3.05, 3.63) is 52.5 Å².